The fourth-order valence-corrected chi connectivity index (χ4v) is 1.95. The third kappa shape index (κ3) is 2.05. The maximum absolute atomic E-state index is 13.7. The highest BCUT2D eigenvalue weighted by atomic mass is 19.1. The Hall–Kier alpha value is -2.63. The number of pyridine rings is 1. The molecule has 0 saturated carbocycles. The van der Waals surface area contributed by atoms with Gasteiger partial charge in [0.05, 0.1) is 18.8 Å². The van der Waals surface area contributed by atoms with Crippen molar-refractivity contribution in [2.24, 2.45) is 0 Å². The Morgan fingerprint density at radius 2 is 2.00 bits per heavy atom. The molecule has 4 nitrogen and oxygen atoms in total. The van der Waals surface area contributed by atoms with E-state index in [1.807, 2.05) is 0 Å². The van der Waals surface area contributed by atoms with Crippen molar-refractivity contribution in [2.45, 2.75) is 0 Å². The Kier molecular flexibility index (Phi) is 2.98. The summed E-state index contributed by atoms with van der Waals surface area (Å²) in [5, 5.41) is 0.620. The molecule has 0 bridgehead atoms. The van der Waals surface area contributed by atoms with Crippen molar-refractivity contribution in [3.8, 4) is 17.3 Å². The quantitative estimate of drug-likeness (QED) is 0.720. The van der Waals surface area contributed by atoms with Crippen LogP contribution in [-0.2, 0) is 0 Å². The molecule has 0 saturated heterocycles. The molecule has 20 heavy (non-hydrogen) atoms. The first kappa shape index (κ1) is 12.4. The third-order valence-corrected chi connectivity index (χ3v) is 2.82. The zero-order chi connectivity index (χ0) is 14.1. The number of rotatable bonds is 2. The number of hydrogen-bond donors (Lipinski definition) is 0. The van der Waals surface area contributed by atoms with Crippen molar-refractivity contribution in [3.63, 3.8) is 0 Å². The molecule has 3 rings (SSSR count). The predicted molar refractivity (Wildman–Crippen MR) is 69.2 cm³/mol. The molecule has 0 fully saturated rings. The number of benzene rings is 1. The summed E-state index contributed by atoms with van der Waals surface area (Å²) in [6.45, 7) is 0. The number of halogens is 2. The first-order valence-electron chi connectivity index (χ1n) is 5.80. The van der Waals surface area contributed by atoms with Gasteiger partial charge >= 0.3 is 0 Å². The molecular weight excluding hydrogens is 264 g/mol. The molecule has 3 aromatic rings. The van der Waals surface area contributed by atoms with Crippen LogP contribution in [0.1, 0.15) is 0 Å². The Morgan fingerprint density at radius 3 is 2.80 bits per heavy atom. The standard InChI is InChI=1S/C14H9F2N3O/c1-20-14-11(16)7-18-13(19-14)10-6-9(15)5-8-3-2-4-17-12(8)10/h2-7H,1H3. The van der Waals surface area contributed by atoms with Gasteiger partial charge in [0, 0.05) is 17.1 Å². The Balaban J connectivity index is 2.28. The molecule has 6 heteroatoms. The van der Waals surface area contributed by atoms with Crippen LogP contribution in [0.5, 0.6) is 5.88 Å². The van der Waals surface area contributed by atoms with Crippen molar-refractivity contribution in [2.75, 3.05) is 7.11 Å². The fraction of sp³-hybridized carbons (Fsp3) is 0.0714. The lowest BCUT2D eigenvalue weighted by Gasteiger charge is -2.07. The van der Waals surface area contributed by atoms with Gasteiger partial charge in [0.2, 0.25) is 5.82 Å². The van der Waals surface area contributed by atoms with Crippen LogP contribution in [0.15, 0.2) is 36.7 Å². The number of nitrogens with zero attached hydrogens (tertiary/aromatic N) is 3. The van der Waals surface area contributed by atoms with E-state index in [9.17, 15) is 8.78 Å². The summed E-state index contributed by atoms with van der Waals surface area (Å²) < 4.78 is 31.8. The molecule has 0 aliphatic rings. The first-order chi connectivity index (χ1) is 9.69. The van der Waals surface area contributed by atoms with Crippen molar-refractivity contribution < 1.29 is 13.5 Å². The smallest absolute Gasteiger partial charge is 0.253 e. The molecule has 0 unspecified atom stereocenters. The van der Waals surface area contributed by atoms with Gasteiger partial charge in [-0.1, -0.05) is 6.07 Å². The van der Waals surface area contributed by atoms with Crippen LogP contribution in [0.2, 0.25) is 0 Å². The molecule has 0 atom stereocenters. The lowest BCUT2D eigenvalue weighted by molar-refractivity contribution is 0.367. The van der Waals surface area contributed by atoms with Gasteiger partial charge in [0.1, 0.15) is 5.82 Å². The molecule has 0 radical (unpaired) electrons. The van der Waals surface area contributed by atoms with Gasteiger partial charge in [-0.2, -0.15) is 9.37 Å². The van der Waals surface area contributed by atoms with Crippen molar-refractivity contribution in [1.82, 2.24) is 15.0 Å². The maximum atomic E-state index is 13.7. The van der Waals surface area contributed by atoms with E-state index in [1.165, 1.54) is 19.2 Å². The van der Waals surface area contributed by atoms with E-state index in [-0.39, 0.29) is 11.7 Å². The van der Waals surface area contributed by atoms with E-state index >= 15 is 0 Å². The summed E-state index contributed by atoms with van der Waals surface area (Å²) in [4.78, 5) is 12.0. The molecule has 100 valence electrons. The Labute approximate surface area is 113 Å². The summed E-state index contributed by atoms with van der Waals surface area (Å²) in [6, 6.07) is 6.07. The highest BCUT2D eigenvalue weighted by Crippen LogP contribution is 2.27. The van der Waals surface area contributed by atoms with Crippen LogP contribution in [0.25, 0.3) is 22.3 Å². The second-order valence-corrected chi connectivity index (χ2v) is 4.08. The van der Waals surface area contributed by atoms with Crippen LogP contribution in [0.4, 0.5) is 8.78 Å². The summed E-state index contributed by atoms with van der Waals surface area (Å²) in [5.41, 5.74) is 0.932. The number of fused-ring (bicyclic) bond motifs is 1. The average Bonchev–Trinajstić information content (AvgIpc) is 2.47. The minimum absolute atomic E-state index is 0.159. The predicted octanol–water partition coefficient (Wildman–Crippen LogP) is 2.98. The monoisotopic (exact) mass is 273 g/mol. The van der Waals surface area contributed by atoms with Gasteiger partial charge in [-0.3, -0.25) is 4.98 Å². The summed E-state index contributed by atoms with van der Waals surface area (Å²) >= 11 is 0. The highest BCUT2D eigenvalue weighted by Gasteiger charge is 2.13. The van der Waals surface area contributed by atoms with Crippen molar-refractivity contribution in [1.29, 1.82) is 0 Å². The molecule has 2 aromatic heterocycles. The van der Waals surface area contributed by atoms with Gasteiger partial charge in [-0.25, -0.2) is 9.37 Å². The molecule has 0 N–H and O–H groups in total. The molecular formula is C14H9F2N3O. The van der Waals surface area contributed by atoms with Gasteiger partial charge < -0.3 is 4.74 Å². The van der Waals surface area contributed by atoms with Crippen LogP contribution in [0, 0.1) is 11.6 Å². The topological polar surface area (TPSA) is 47.9 Å². The number of methoxy groups -OCH3 is 1. The number of hydrogen-bond acceptors (Lipinski definition) is 4. The van der Waals surface area contributed by atoms with Crippen molar-refractivity contribution >= 4 is 10.9 Å². The van der Waals surface area contributed by atoms with Gasteiger partial charge in [0.15, 0.2) is 5.82 Å². The van der Waals surface area contributed by atoms with Gasteiger partial charge in [0.25, 0.3) is 5.88 Å². The fourth-order valence-electron chi connectivity index (χ4n) is 1.95. The van der Waals surface area contributed by atoms with Crippen LogP contribution in [0.3, 0.4) is 0 Å². The summed E-state index contributed by atoms with van der Waals surface area (Å²) in [7, 11) is 1.30. The largest absolute Gasteiger partial charge is 0.479 e. The van der Waals surface area contributed by atoms with Crippen LogP contribution in [-0.4, -0.2) is 22.1 Å². The van der Waals surface area contributed by atoms with E-state index in [2.05, 4.69) is 15.0 Å². The summed E-state index contributed by atoms with van der Waals surface area (Å²) in [5.74, 6) is -1.15. The van der Waals surface area contributed by atoms with E-state index in [1.54, 1.807) is 18.3 Å². The number of ether oxygens (including phenoxy) is 1. The number of aromatic nitrogens is 3. The van der Waals surface area contributed by atoms with Gasteiger partial charge in [-0.05, 0) is 18.2 Å². The third-order valence-electron chi connectivity index (χ3n) is 2.82. The van der Waals surface area contributed by atoms with Gasteiger partial charge in [-0.15, -0.1) is 0 Å². The normalized spacial score (nSPS) is 10.8. The first-order valence-corrected chi connectivity index (χ1v) is 5.80. The molecule has 1 aromatic carbocycles. The minimum Gasteiger partial charge on any atom is -0.479 e. The highest BCUT2D eigenvalue weighted by molar-refractivity contribution is 5.91. The Bertz CT molecular complexity index is 792. The zero-order valence-corrected chi connectivity index (χ0v) is 10.5. The SMILES string of the molecule is COc1nc(-c2cc(F)cc3cccnc23)ncc1F. The lowest BCUT2D eigenvalue weighted by Crippen LogP contribution is -1.98. The minimum atomic E-state index is -0.676. The van der Waals surface area contributed by atoms with Crippen molar-refractivity contribution in [3.05, 3.63) is 48.3 Å². The molecule has 2 heterocycles. The lowest BCUT2D eigenvalue weighted by atomic mass is 10.1. The van der Waals surface area contributed by atoms with Crippen LogP contribution >= 0.6 is 0 Å². The molecule has 0 spiro atoms. The maximum Gasteiger partial charge on any atom is 0.253 e. The second-order valence-electron chi connectivity index (χ2n) is 4.08. The second kappa shape index (κ2) is 4.80. The van der Waals surface area contributed by atoms with Crippen LogP contribution < -0.4 is 4.74 Å². The molecule has 0 aliphatic heterocycles. The zero-order valence-electron chi connectivity index (χ0n) is 10.5. The molecule has 0 amide bonds. The Morgan fingerprint density at radius 1 is 1.15 bits per heavy atom. The van der Waals surface area contributed by atoms with E-state index in [0.29, 0.717) is 16.5 Å². The molecule has 0 aliphatic carbocycles. The van der Waals surface area contributed by atoms with E-state index in [0.717, 1.165) is 6.20 Å². The average molecular weight is 273 g/mol. The van der Waals surface area contributed by atoms with E-state index in [4.69, 9.17) is 4.74 Å². The van der Waals surface area contributed by atoms with E-state index < -0.39 is 11.6 Å². The summed E-state index contributed by atoms with van der Waals surface area (Å²) in [6.07, 6.45) is 2.57.